The molecule has 1 aromatic heterocycles. The van der Waals surface area contributed by atoms with Crippen molar-refractivity contribution in [3.8, 4) is 0 Å². The van der Waals surface area contributed by atoms with Crippen molar-refractivity contribution in [2.45, 2.75) is 6.92 Å². The minimum absolute atomic E-state index is 0.134. The first-order valence-electron chi connectivity index (χ1n) is 9.01. The molecular weight excluding hydrogens is 384 g/mol. The molecule has 0 unspecified atom stereocenters. The quantitative estimate of drug-likeness (QED) is 0.475. The van der Waals surface area contributed by atoms with E-state index in [0.29, 0.717) is 21.8 Å². The molecule has 1 heterocycles. The van der Waals surface area contributed by atoms with Gasteiger partial charge in [-0.25, -0.2) is 5.43 Å². The van der Waals surface area contributed by atoms with Gasteiger partial charge in [0, 0.05) is 31.0 Å². The van der Waals surface area contributed by atoms with Crippen LogP contribution in [0.1, 0.15) is 32.5 Å². The van der Waals surface area contributed by atoms with Gasteiger partial charge in [-0.2, -0.15) is 5.10 Å². The Labute approximate surface area is 173 Å². The minimum Gasteiger partial charge on any atom is -0.378 e. The lowest BCUT2D eigenvalue weighted by Crippen LogP contribution is -2.19. The summed E-state index contributed by atoms with van der Waals surface area (Å²) in [4.78, 5) is 27.0. The number of amides is 2. The highest BCUT2D eigenvalue weighted by Gasteiger charge is 2.08. The van der Waals surface area contributed by atoms with Gasteiger partial charge in [0.15, 0.2) is 0 Å². The number of carbonyl (C=O) groups is 2. The van der Waals surface area contributed by atoms with Gasteiger partial charge in [-0.05, 0) is 60.3 Å². The summed E-state index contributed by atoms with van der Waals surface area (Å²) in [6, 6.07) is 18.2. The zero-order valence-corrected chi connectivity index (χ0v) is 17.3. The molecule has 0 radical (unpaired) electrons. The number of benzene rings is 2. The van der Waals surface area contributed by atoms with Crippen LogP contribution in [0.4, 0.5) is 11.4 Å². The molecule has 0 atom stereocenters. The first-order valence-corrected chi connectivity index (χ1v) is 9.89. The van der Waals surface area contributed by atoms with Crippen molar-refractivity contribution in [1.82, 2.24) is 5.43 Å². The molecule has 0 saturated carbocycles. The standard InChI is InChI=1S/C22H22N4O2S/c1-15(24-25-21(27)17-8-12-19(13-9-17)26(2)3)16-6-10-18(11-7-16)23-22(28)20-5-4-14-29-20/h4-14H,1-3H3,(H,23,28)(H,25,27)/b24-15+. The maximum absolute atomic E-state index is 12.3. The fraction of sp³-hybridized carbons (Fsp3) is 0.136. The summed E-state index contributed by atoms with van der Waals surface area (Å²) in [6.07, 6.45) is 0. The Morgan fingerprint density at radius 2 is 1.55 bits per heavy atom. The predicted octanol–water partition coefficient (Wildman–Crippen LogP) is 4.22. The van der Waals surface area contributed by atoms with Crippen LogP contribution in [0.15, 0.2) is 71.1 Å². The van der Waals surface area contributed by atoms with Gasteiger partial charge in [-0.15, -0.1) is 11.3 Å². The summed E-state index contributed by atoms with van der Waals surface area (Å²) in [5.74, 6) is -0.403. The van der Waals surface area contributed by atoms with E-state index in [9.17, 15) is 9.59 Å². The zero-order chi connectivity index (χ0) is 20.8. The zero-order valence-electron chi connectivity index (χ0n) is 16.5. The monoisotopic (exact) mass is 406 g/mol. The fourth-order valence-corrected chi connectivity index (χ4v) is 3.19. The van der Waals surface area contributed by atoms with Gasteiger partial charge < -0.3 is 10.2 Å². The van der Waals surface area contributed by atoms with Gasteiger partial charge in [-0.3, -0.25) is 9.59 Å². The molecule has 29 heavy (non-hydrogen) atoms. The molecule has 0 spiro atoms. The molecule has 3 rings (SSSR count). The molecule has 3 aromatic rings. The third-order valence-corrected chi connectivity index (χ3v) is 5.15. The maximum Gasteiger partial charge on any atom is 0.271 e. The van der Waals surface area contributed by atoms with Crippen molar-refractivity contribution in [3.05, 3.63) is 82.0 Å². The van der Waals surface area contributed by atoms with Gasteiger partial charge in [-0.1, -0.05) is 18.2 Å². The van der Waals surface area contributed by atoms with E-state index in [1.165, 1.54) is 11.3 Å². The third kappa shape index (κ3) is 5.30. The van der Waals surface area contributed by atoms with E-state index in [1.807, 2.05) is 73.8 Å². The highest BCUT2D eigenvalue weighted by atomic mass is 32.1. The van der Waals surface area contributed by atoms with Crippen LogP contribution >= 0.6 is 11.3 Å². The van der Waals surface area contributed by atoms with E-state index in [2.05, 4.69) is 15.8 Å². The van der Waals surface area contributed by atoms with Crippen LogP contribution in [0, 0.1) is 0 Å². The number of nitrogens with one attached hydrogen (secondary N) is 2. The van der Waals surface area contributed by atoms with Crippen LogP contribution in [0.3, 0.4) is 0 Å². The number of anilines is 2. The Morgan fingerprint density at radius 1 is 0.897 bits per heavy atom. The molecule has 148 valence electrons. The van der Waals surface area contributed by atoms with Crippen LogP contribution < -0.4 is 15.6 Å². The van der Waals surface area contributed by atoms with E-state index in [4.69, 9.17) is 0 Å². The van der Waals surface area contributed by atoms with Gasteiger partial charge in [0.25, 0.3) is 11.8 Å². The average Bonchev–Trinajstić information content (AvgIpc) is 3.27. The summed E-state index contributed by atoms with van der Waals surface area (Å²) in [7, 11) is 3.89. The van der Waals surface area contributed by atoms with Gasteiger partial charge >= 0.3 is 0 Å². The highest BCUT2D eigenvalue weighted by molar-refractivity contribution is 7.12. The Hall–Kier alpha value is -3.45. The molecule has 2 amide bonds. The van der Waals surface area contributed by atoms with E-state index >= 15 is 0 Å². The molecule has 0 fully saturated rings. The van der Waals surface area contributed by atoms with Crippen LogP contribution in [0.5, 0.6) is 0 Å². The number of hydrogen-bond donors (Lipinski definition) is 2. The molecule has 6 nitrogen and oxygen atoms in total. The first kappa shape index (κ1) is 20.3. The second-order valence-electron chi connectivity index (χ2n) is 6.59. The molecule has 2 N–H and O–H groups in total. The lowest BCUT2D eigenvalue weighted by Gasteiger charge is -2.12. The van der Waals surface area contributed by atoms with Crippen LogP contribution in [0.2, 0.25) is 0 Å². The smallest absolute Gasteiger partial charge is 0.271 e. The summed E-state index contributed by atoms with van der Waals surface area (Å²) < 4.78 is 0. The Morgan fingerprint density at radius 3 is 2.14 bits per heavy atom. The van der Waals surface area contributed by atoms with Gasteiger partial charge in [0.05, 0.1) is 10.6 Å². The van der Waals surface area contributed by atoms with Crippen molar-refractivity contribution >= 4 is 40.2 Å². The second kappa shape index (κ2) is 9.16. The van der Waals surface area contributed by atoms with Crippen molar-refractivity contribution < 1.29 is 9.59 Å². The second-order valence-corrected chi connectivity index (χ2v) is 7.54. The molecule has 0 aliphatic carbocycles. The largest absolute Gasteiger partial charge is 0.378 e. The number of nitrogens with zero attached hydrogens (tertiary/aromatic N) is 2. The Balaban J connectivity index is 1.60. The molecule has 0 saturated heterocycles. The lowest BCUT2D eigenvalue weighted by atomic mass is 10.1. The summed E-state index contributed by atoms with van der Waals surface area (Å²) in [5, 5.41) is 8.90. The molecular formula is C22H22N4O2S. The van der Waals surface area contributed by atoms with E-state index < -0.39 is 0 Å². The van der Waals surface area contributed by atoms with E-state index in [1.54, 1.807) is 18.2 Å². The third-order valence-electron chi connectivity index (χ3n) is 4.28. The highest BCUT2D eigenvalue weighted by Crippen LogP contribution is 2.15. The van der Waals surface area contributed by atoms with Crippen molar-refractivity contribution in [3.63, 3.8) is 0 Å². The maximum atomic E-state index is 12.3. The van der Waals surface area contributed by atoms with E-state index in [0.717, 1.165) is 11.3 Å². The van der Waals surface area contributed by atoms with Crippen LogP contribution in [-0.4, -0.2) is 31.6 Å². The Kier molecular flexibility index (Phi) is 6.41. The topological polar surface area (TPSA) is 73.8 Å². The number of carbonyl (C=O) groups excluding carboxylic acids is 2. The van der Waals surface area contributed by atoms with Gasteiger partial charge in [0.1, 0.15) is 0 Å². The summed E-state index contributed by atoms with van der Waals surface area (Å²) >= 11 is 1.39. The number of hydrogen-bond acceptors (Lipinski definition) is 5. The fourth-order valence-electron chi connectivity index (χ4n) is 2.57. The first-order chi connectivity index (χ1) is 13.9. The molecule has 0 bridgehead atoms. The van der Waals surface area contributed by atoms with Gasteiger partial charge in [0.2, 0.25) is 0 Å². The average molecular weight is 407 g/mol. The SMILES string of the molecule is C/C(=N\NC(=O)c1ccc(N(C)C)cc1)c1ccc(NC(=O)c2cccs2)cc1. The Bertz CT molecular complexity index is 1010. The molecule has 0 aliphatic rings. The summed E-state index contributed by atoms with van der Waals surface area (Å²) in [5.41, 5.74) is 6.35. The van der Waals surface area contributed by atoms with Crippen molar-refractivity contribution in [2.24, 2.45) is 5.10 Å². The number of rotatable bonds is 6. The molecule has 2 aromatic carbocycles. The predicted molar refractivity (Wildman–Crippen MR) is 119 cm³/mol. The van der Waals surface area contributed by atoms with Crippen molar-refractivity contribution in [1.29, 1.82) is 0 Å². The van der Waals surface area contributed by atoms with E-state index in [-0.39, 0.29) is 11.8 Å². The normalized spacial score (nSPS) is 11.1. The number of thiophene rings is 1. The minimum atomic E-state index is -0.269. The lowest BCUT2D eigenvalue weighted by molar-refractivity contribution is 0.0954. The van der Waals surface area contributed by atoms with Crippen molar-refractivity contribution in [2.75, 3.05) is 24.3 Å². The summed E-state index contributed by atoms with van der Waals surface area (Å²) in [6.45, 7) is 1.81. The molecule has 0 aliphatic heterocycles. The number of hydrazone groups is 1. The molecule has 7 heteroatoms. The van der Waals surface area contributed by atoms with Crippen LogP contribution in [-0.2, 0) is 0 Å². The van der Waals surface area contributed by atoms with Crippen LogP contribution in [0.25, 0.3) is 0 Å².